The van der Waals surface area contributed by atoms with E-state index in [1.807, 2.05) is 11.0 Å². The van der Waals surface area contributed by atoms with Gasteiger partial charge in [-0.25, -0.2) is 0 Å². The quantitative estimate of drug-likeness (QED) is 0.857. The summed E-state index contributed by atoms with van der Waals surface area (Å²) in [6.45, 7) is 4.93. The monoisotopic (exact) mass is 280 g/mol. The van der Waals surface area contributed by atoms with E-state index in [1.165, 1.54) is 5.56 Å². The summed E-state index contributed by atoms with van der Waals surface area (Å²) in [4.78, 5) is 14.6. The van der Waals surface area contributed by atoms with Crippen molar-refractivity contribution in [3.05, 3.63) is 29.8 Å². The summed E-state index contributed by atoms with van der Waals surface area (Å²) in [7, 11) is 0. The first kappa shape index (κ1) is 14.4. The van der Waals surface area contributed by atoms with Crippen molar-refractivity contribution < 1.29 is 4.79 Å². The average Bonchev–Trinajstić information content (AvgIpc) is 2.93. The highest BCUT2D eigenvalue weighted by Gasteiger charge is 2.31. The molecule has 2 heterocycles. The van der Waals surface area contributed by atoms with Gasteiger partial charge in [0.2, 0.25) is 5.91 Å². The maximum absolute atomic E-state index is 12.6. The molecule has 2 aliphatic rings. The molecular formula is C15H21ClN2O. The molecule has 104 valence electrons. The Labute approximate surface area is 120 Å². The third-order valence-corrected chi connectivity index (χ3v) is 4.22. The van der Waals surface area contributed by atoms with Crippen molar-refractivity contribution >= 4 is 24.0 Å². The summed E-state index contributed by atoms with van der Waals surface area (Å²) in [5.74, 6) is 1.04. The van der Waals surface area contributed by atoms with Gasteiger partial charge in [0.15, 0.2) is 0 Å². The Morgan fingerprint density at radius 1 is 1.32 bits per heavy atom. The fourth-order valence-corrected chi connectivity index (χ4v) is 3.06. The number of carbonyl (C=O) groups is 1. The number of nitrogens with zero attached hydrogens (tertiary/aromatic N) is 1. The molecule has 1 N–H and O–H groups in total. The van der Waals surface area contributed by atoms with Gasteiger partial charge in [-0.15, -0.1) is 12.4 Å². The molecule has 3 rings (SSSR count). The van der Waals surface area contributed by atoms with E-state index < -0.39 is 0 Å². The summed E-state index contributed by atoms with van der Waals surface area (Å²) in [5.41, 5.74) is 2.45. The molecule has 0 spiro atoms. The van der Waals surface area contributed by atoms with Gasteiger partial charge in [-0.1, -0.05) is 25.1 Å². The second-order valence-corrected chi connectivity index (χ2v) is 5.43. The fourth-order valence-electron chi connectivity index (χ4n) is 3.06. The SMILES string of the molecule is CC1CCN(C(=O)C2CCNC2)c2ccccc21.Cl. The van der Waals surface area contributed by atoms with Gasteiger partial charge in [-0.3, -0.25) is 4.79 Å². The smallest absolute Gasteiger partial charge is 0.231 e. The van der Waals surface area contributed by atoms with Crippen LogP contribution in [0.15, 0.2) is 24.3 Å². The van der Waals surface area contributed by atoms with Gasteiger partial charge >= 0.3 is 0 Å². The van der Waals surface area contributed by atoms with Crippen LogP contribution >= 0.6 is 12.4 Å². The molecular weight excluding hydrogens is 260 g/mol. The van der Waals surface area contributed by atoms with Crippen molar-refractivity contribution in [2.24, 2.45) is 5.92 Å². The molecule has 0 aliphatic carbocycles. The number of nitrogens with one attached hydrogen (secondary N) is 1. The highest BCUT2D eigenvalue weighted by atomic mass is 35.5. The molecule has 4 heteroatoms. The molecule has 0 aromatic heterocycles. The van der Waals surface area contributed by atoms with Gasteiger partial charge in [-0.05, 0) is 36.9 Å². The number of anilines is 1. The lowest BCUT2D eigenvalue weighted by Gasteiger charge is -2.34. The van der Waals surface area contributed by atoms with E-state index in [9.17, 15) is 4.79 Å². The Kier molecular flexibility index (Phi) is 4.48. The van der Waals surface area contributed by atoms with E-state index in [1.54, 1.807) is 0 Å². The van der Waals surface area contributed by atoms with E-state index in [0.29, 0.717) is 11.8 Å². The summed E-state index contributed by atoms with van der Waals surface area (Å²) >= 11 is 0. The number of benzene rings is 1. The van der Waals surface area contributed by atoms with Crippen LogP contribution in [-0.4, -0.2) is 25.5 Å². The molecule has 2 aliphatic heterocycles. The number of halogens is 1. The van der Waals surface area contributed by atoms with Crippen molar-refractivity contribution in [3.8, 4) is 0 Å². The Morgan fingerprint density at radius 3 is 2.84 bits per heavy atom. The summed E-state index contributed by atoms with van der Waals surface area (Å²) in [6, 6.07) is 8.35. The lowest BCUT2D eigenvalue weighted by atomic mass is 9.90. The minimum absolute atomic E-state index is 0. The molecule has 2 unspecified atom stereocenters. The van der Waals surface area contributed by atoms with E-state index in [4.69, 9.17) is 0 Å². The zero-order chi connectivity index (χ0) is 12.5. The topological polar surface area (TPSA) is 32.3 Å². The maximum atomic E-state index is 12.6. The predicted molar refractivity (Wildman–Crippen MR) is 80.1 cm³/mol. The second kappa shape index (κ2) is 5.93. The fraction of sp³-hybridized carbons (Fsp3) is 0.533. The van der Waals surface area contributed by atoms with Gasteiger partial charge in [0.1, 0.15) is 0 Å². The molecule has 1 aromatic rings. The normalized spacial score (nSPS) is 25.6. The number of hydrogen-bond donors (Lipinski definition) is 1. The number of rotatable bonds is 1. The lowest BCUT2D eigenvalue weighted by Crippen LogP contribution is -2.40. The number of amides is 1. The highest BCUT2D eigenvalue weighted by Crippen LogP contribution is 2.35. The molecule has 0 saturated carbocycles. The van der Waals surface area contributed by atoms with Crippen LogP contribution in [0.1, 0.15) is 31.2 Å². The van der Waals surface area contributed by atoms with Gasteiger partial charge in [-0.2, -0.15) is 0 Å². The Balaban J connectivity index is 0.00000133. The molecule has 1 amide bonds. The van der Waals surface area contributed by atoms with Crippen LogP contribution in [-0.2, 0) is 4.79 Å². The van der Waals surface area contributed by atoms with Crippen molar-refractivity contribution in [2.75, 3.05) is 24.5 Å². The van der Waals surface area contributed by atoms with Crippen molar-refractivity contribution in [3.63, 3.8) is 0 Å². The first-order valence-corrected chi connectivity index (χ1v) is 6.88. The van der Waals surface area contributed by atoms with Crippen LogP contribution in [0.5, 0.6) is 0 Å². The van der Waals surface area contributed by atoms with Crippen LogP contribution in [0.25, 0.3) is 0 Å². The largest absolute Gasteiger partial charge is 0.316 e. The van der Waals surface area contributed by atoms with E-state index in [0.717, 1.165) is 38.2 Å². The van der Waals surface area contributed by atoms with Crippen molar-refractivity contribution in [2.45, 2.75) is 25.7 Å². The minimum Gasteiger partial charge on any atom is -0.316 e. The molecule has 3 nitrogen and oxygen atoms in total. The first-order valence-electron chi connectivity index (χ1n) is 6.88. The molecule has 19 heavy (non-hydrogen) atoms. The van der Waals surface area contributed by atoms with Crippen LogP contribution < -0.4 is 10.2 Å². The zero-order valence-electron chi connectivity index (χ0n) is 11.3. The Bertz CT molecular complexity index is 457. The maximum Gasteiger partial charge on any atom is 0.231 e. The van der Waals surface area contributed by atoms with Crippen molar-refractivity contribution in [1.29, 1.82) is 0 Å². The van der Waals surface area contributed by atoms with Gasteiger partial charge in [0.25, 0.3) is 0 Å². The number of fused-ring (bicyclic) bond motifs is 1. The Morgan fingerprint density at radius 2 is 2.11 bits per heavy atom. The molecule has 1 aromatic carbocycles. The van der Waals surface area contributed by atoms with Crippen molar-refractivity contribution in [1.82, 2.24) is 5.32 Å². The molecule has 1 saturated heterocycles. The van der Waals surface area contributed by atoms with Crippen LogP contribution in [0.2, 0.25) is 0 Å². The van der Waals surface area contributed by atoms with Crippen LogP contribution in [0, 0.1) is 5.92 Å². The zero-order valence-corrected chi connectivity index (χ0v) is 12.1. The molecule has 2 atom stereocenters. The summed E-state index contributed by atoms with van der Waals surface area (Å²) < 4.78 is 0. The van der Waals surface area contributed by atoms with Crippen LogP contribution in [0.3, 0.4) is 0 Å². The Hall–Kier alpha value is -1.06. The first-order chi connectivity index (χ1) is 8.77. The number of carbonyl (C=O) groups excluding carboxylic acids is 1. The second-order valence-electron chi connectivity index (χ2n) is 5.43. The molecule has 0 bridgehead atoms. The van der Waals surface area contributed by atoms with E-state index >= 15 is 0 Å². The highest BCUT2D eigenvalue weighted by molar-refractivity contribution is 5.96. The summed E-state index contributed by atoms with van der Waals surface area (Å²) in [5, 5.41) is 3.28. The number of para-hydroxylation sites is 1. The van der Waals surface area contributed by atoms with Crippen LogP contribution in [0.4, 0.5) is 5.69 Å². The lowest BCUT2D eigenvalue weighted by molar-refractivity contribution is -0.121. The van der Waals surface area contributed by atoms with Gasteiger partial charge < -0.3 is 10.2 Å². The summed E-state index contributed by atoms with van der Waals surface area (Å²) in [6.07, 6.45) is 2.05. The molecule has 0 radical (unpaired) electrons. The third kappa shape index (κ3) is 2.63. The predicted octanol–water partition coefficient (Wildman–Crippen LogP) is 2.56. The van der Waals surface area contributed by atoms with E-state index in [-0.39, 0.29) is 18.3 Å². The minimum atomic E-state index is 0. The third-order valence-electron chi connectivity index (χ3n) is 4.22. The standard InChI is InChI=1S/C15H20N2O.ClH/c1-11-7-9-17(14-5-3-2-4-13(11)14)15(18)12-6-8-16-10-12;/h2-5,11-12,16H,6-10H2,1H3;1H. The van der Waals surface area contributed by atoms with E-state index in [2.05, 4.69) is 30.4 Å². The van der Waals surface area contributed by atoms with Gasteiger partial charge in [0.05, 0.1) is 5.92 Å². The molecule has 1 fully saturated rings. The average molecular weight is 281 g/mol. The van der Waals surface area contributed by atoms with Gasteiger partial charge in [0, 0.05) is 18.8 Å². The number of hydrogen-bond acceptors (Lipinski definition) is 2.